The highest BCUT2D eigenvalue weighted by Gasteiger charge is 2.23. The molecule has 4 rings (SSSR count). The molecule has 1 aliphatic rings. The SMILES string of the molecule is COc1ccc(OC)c(NC(=O)CCSc2nc3c(cc2C#N)CC(c2ccccc2)CC3)c1. The number of nitrogens with one attached hydrogen (secondary N) is 1. The summed E-state index contributed by atoms with van der Waals surface area (Å²) in [5.41, 5.74) is 4.70. The molecule has 34 heavy (non-hydrogen) atoms. The van der Waals surface area contributed by atoms with Crippen LogP contribution in [0.5, 0.6) is 11.5 Å². The zero-order valence-electron chi connectivity index (χ0n) is 19.3. The molecule has 1 amide bonds. The number of nitrogens with zero attached hydrogens (tertiary/aromatic N) is 2. The van der Waals surface area contributed by atoms with E-state index in [0.717, 1.165) is 30.5 Å². The first-order valence-electron chi connectivity index (χ1n) is 11.2. The fourth-order valence-corrected chi connectivity index (χ4v) is 5.13. The van der Waals surface area contributed by atoms with Gasteiger partial charge in [-0.2, -0.15) is 5.26 Å². The van der Waals surface area contributed by atoms with E-state index < -0.39 is 0 Å². The van der Waals surface area contributed by atoms with E-state index in [0.29, 0.717) is 39.4 Å². The third-order valence-electron chi connectivity index (χ3n) is 5.99. The molecular formula is C27H27N3O3S. The average Bonchev–Trinajstić information content (AvgIpc) is 2.88. The molecule has 0 saturated carbocycles. The van der Waals surface area contributed by atoms with Crippen molar-refractivity contribution in [2.75, 3.05) is 25.3 Å². The number of hydrogen-bond acceptors (Lipinski definition) is 6. The Morgan fingerprint density at radius 3 is 2.74 bits per heavy atom. The molecule has 0 radical (unpaired) electrons. The van der Waals surface area contributed by atoms with Gasteiger partial charge in [0.2, 0.25) is 5.91 Å². The normalized spacial score (nSPS) is 14.6. The molecule has 0 saturated heterocycles. The van der Waals surface area contributed by atoms with E-state index >= 15 is 0 Å². The lowest BCUT2D eigenvalue weighted by Crippen LogP contribution is -2.15. The van der Waals surface area contributed by atoms with Crippen molar-refractivity contribution in [2.45, 2.75) is 36.6 Å². The minimum atomic E-state index is -0.138. The molecule has 1 atom stereocenters. The van der Waals surface area contributed by atoms with Gasteiger partial charge in [-0.1, -0.05) is 30.3 Å². The lowest BCUT2D eigenvalue weighted by atomic mass is 9.82. The van der Waals surface area contributed by atoms with Gasteiger partial charge in [-0.3, -0.25) is 4.79 Å². The number of ether oxygens (including phenoxy) is 2. The number of fused-ring (bicyclic) bond motifs is 1. The van der Waals surface area contributed by atoms with Crippen LogP contribution in [-0.4, -0.2) is 30.9 Å². The van der Waals surface area contributed by atoms with Gasteiger partial charge in [0.05, 0.1) is 25.5 Å². The molecule has 1 aromatic heterocycles. The highest BCUT2D eigenvalue weighted by atomic mass is 32.2. The number of pyridine rings is 1. The van der Waals surface area contributed by atoms with E-state index in [-0.39, 0.29) is 12.3 Å². The fraction of sp³-hybridized carbons (Fsp3) is 0.296. The van der Waals surface area contributed by atoms with Gasteiger partial charge < -0.3 is 14.8 Å². The van der Waals surface area contributed by atoms with Crippen molar-refractivity contribution < 1.29 is 14.3 Å². The highest BCUT2D eigenvalue weighted by Crippen LogP contribution is 2.34. The second-order valence-corrected chi connectivity index (χ2v) is 9.21. The Kier molecular flexibility index (Phi) is 7.71. The molecule has 7 heteroatoms. The smallest absolute Gasteiger partial charge is 0.225 e. The van der Waals surface area contributed by atoms with Crippen LogP contribution in [0.2, 0.25) is 0 Å². The van der Waals surface area contributed by atoms with Gasteiger partial charge in [-0.05, 0) is 54.5 Å². The topological polar surface area (TPSA) is 84.2 Å². The summed E-state index contributed by atoms with van der Waals surface area (Å²) in [5, 5.41) is 13.3. The first kappa shape index (κ1) is 23.7. The molecule has 0 fully saturated rings. The predicted molar refractivity (Wildman–Crippen MR) is 134 cm³/mol. The monoisotopic (exact) mass is 473 g/mol. The number of thioether (sulfide) groups is 1. The zero-order chi connectivity index (χ0) is 23.9. The van der Waals surface area contributed by atoms with Crippen molar-refractivity contribution in [3.63, 3.8) is 0 Å². The van der Waals surface area contributed by atoms with Crippen LogP contribution in [0, 0.1) is 11.3 Å². The molecule has 0 spiro atoms. The Morgan fingerprint density at radius 2 is 2.00 bits per heavy atom. The molecule has 0 aliphatic heterocycles. The van der Waals surface area contributed by atoms with Gasteiger partial charge in [0.25, 0.3) is 0 Å². The summed E-state index contributed by atoms with van der Waals surface area (Å²) >= 11 is 1.45. The van der Waals surface area contributed by atoms with E-state index in [1.807, 2.05) is 12.1 Å². The molecule has 0 bridgehead atoms. The maximum Gasteiger partial charge on any atom is 0.225 e. The number of hydrogen-bond donors (Lipinski definition) is 1. The number of rotatable bonds is 8. The van der Waals surface area contributed by atoms with Crippen molar-refractivity contribution in [3.05, 3.63) is 77.0 Å². The van der Waals surface area contributed by atoms with Crippen molar-refractivity contribution in [1.82, 2.24) is 4.98 Å². The number of nitriles is 1. The van der Waals surface area contributed by atoms with Crippen molar-refractivity contribution in [2.24, 2.45) is 0 Å². The molecule has 1 heterocycles. The molecule has 2 aromatic carbocycles. The van der Waals surface area contributed by atoms with Gasteiger partial charge >= 0.3 is 0 Å². The minimum absolute atomic E-state index is 0.138. The van der Waals surface area contributed by atoms with E-state index in [4.69, 9.17) is 14.5 Å². The Balaban J connectivity index is 1.38. The maximum absolute atomic E-state index is 12.5. The highest BCUT2D eigenvalue weighted by molar-refractivity contribution is 7.99. The molecular weight excluding hydrogens is 446 g/mol. The number of carbonyl (C=O) groups is 1. The Morgan fingerprint density at radius 1 is 1.18 bits per heavy atom. The van der Waals surface area contributed by atoms with Gasteiger partial charge in [0, 0.05) is 23.9 Å². The first-order chi connectivity index (χ1) is 16.6. The lowest BCUT2D eigenvalue weighted by Gasteiger charge is -2.25. The second-order valence-electron chi connectivity index (χ2n) is 8.12. The second kappa shape index (κ2) is 11.1. The third-order valence-corrected chi connectivity index (χ3v) is 6.99. The lowest BCUT2D eigenvalue weighted by molar-refractivity contribution is -0.115. The van der Waals surface area contributed by atoms with Gasteiger partial charge in [-0.15, -0.1) is 11.8 Å². The molecule has 1 aliphatic carbocycles. The first-order valence-corrected chi connectivity index (χ1v) is 12.2. The Labute approximate surface area is 204 Å². The van der Waals surface area contributed by atoms with E-state index in [2.05, 4.69) is 35.7 Å². The van der Waals surface area contributed by atoms with Crippen LogP contribution < -0.4 is 14.8 Å². The average molecular weight is 474 g/mol. The van der Waals surface area contributed by atoms with Crippen molar-refractivity contribution in [3.8, 4) is 17.6 Å². The molecule has 6 nitrogen and oxygen atoms in total. The van der Waals surface area contributed by atoms with E-state index in [1.54, 1.807) is 32.4 Å². The third kappa shape index (κ3) is 5.52. The Hall–Kier alpha value is -3.50. The Bertz CT molecular complexity index is 1210. The number of anilines is 1. The molecule has 1 N–H and O–H groups in total. The standard InChI is InChI=1S/C27H27N3O3S/c1-32-22-9-11-25(33-2)24(16-22)29-26(31)12-13-34-27-21(17-28)15-20-14-19(8-10-23(20)30-27)18-6-4-3-5-7-18/h3-7,9,11,15-16,19H,8,10,12-14H2,1-2H3,(H,29,31). The number of carbonyl (C=O) groups excluding carboxylic acids is 1. The van der Waals surface area contributed by atoms with Crippen LogP contribution >= 0.6 is 11.8 Å². The van der Waals surface area contributed by atoms with Crippen LogP contribution in [0.1, 0.15) is 41.1 Å². The van der Waals surface area contributed by atoms with E-state index in [1.165, 1.54) is 17.3 Å². The van der Waals surface area contributed by atoms with Gasteiger partial charge in [0.1, 0.15) is 22.6 Å². The number of aryl methyl sites for hydroxylation is 1. The van der Waals surface area contributed by atoms with Crippen molar-refractivity contribution in [1.29, 1.82) is 5.26 Å². The summed E-state index contributed by atoms with van der Waals surface area (Å²) in [6.07, 6.45) is 3.12. The summed E-state index contributed by atoms with van der Waals surface area (Å²) in [4.78, 5) is 17.3. The largest absolute Gasteiger partial charge is 0.497 e. The molecule has 174 valence electrons. The molecule has 1 unspecified atom stereocenters. The van der Waals surface area contributed by atoms with E-state index in [9.17, 15) is 10.1 Å². The maximum atomic E-state index is 12.5. The summed E-state index contributed by atoms with van der Waals surface area (Å²) in [6, 6.07) is 20.1. The number of methoxy groups -OCH3 is 2. The summed E-state index contributed by atoms with van der Waals surface area (Å²) in [7, 11) is 3.13. The predicted octanol–water partition coefficient (Wildman–Crippen LogP) is 5.36. The zero-order valence-corrected chi connectivity index (χ0v) is 20.2. The van der Waals surface area contributed by atoms with Crippen LogP contribution in [0.4, 0.5) is 5.69 Å². The number of amides is 1. The summed E-state index contributed by atoms with van der Waals surface area (Å²) in [5.74, 6) is 2.04. The van der Waals surface area contributed by atoms with Crippen LogP contribution in [-0.2, 0) is 17.6 Å². The van der Waals surface area contributed by atoms with Crippen LogP contribution in [0.25, 0.3) is 0 Å². The summed E-state index contributed by atoms with van der Waals surface area (Å²) < 4.78 is 10.5. The minimum Gasteiger partial charge on any atom is -0.497 e. The number of benzene rings is 2. The molecule has 3 aromatic rings. The fourth-order valence-electron chi connectivity index (χ4n) is 4.21. The van der Waals surface area contributed by atoms with Crippen LogP contribution in [0.15, 0.2) is 59.6 Å². The van der Waals surface area contributed by atoms with Gasteiger partial charge in [-0.25, -0.2) is 4.98 Å². The van der Waals surface area contributed by atoms with Crippen molar-refractivity contribution >= 4 is 23.4 Å². The van der Waals surface area contributed by atoms with Gasteiger partial charge in [0.15, 0.2) is 0 Å². The summed E-state index contributed by atoms with van der Waals surface area (Å²) in [6.45, 7) is 0. The quantitative estimate of drug-likeness (QED) is 0.443. The van der Waals surface area contributed by atoms with Crippen LogP contribution in [0.3, 0.4) is 0 Å². The number of aromatic nitrogens is 1.